The Morgan fingerprint density at radius 1 is 1.10 bits per heavy atom. The minimum atomic E-state index is -0.590. The molecule has 0 amide bonds. The molecular formula is C21H26F2N6. The number of aryl methyl sites for hydroxylation is 1. The Hall–Kier alpha value is -2.61. The van der Waals surface area contributed by atoms with E-state index < -0.39 is 11.6 Å². The van der Waals surface area contributed by atoms with E-state index in [0.717, 1.165) is 31.9 Å². The summed E-state index contributed by atoms with van der Waals surface area (Å²) in [7, 11) is 0. The molecule has 2 heterocycles. The minimum absolute atomic E-state index is 0.0740. The van der Waals surface area contributed by atoms with E-state index in [1.807, 2.05) is 25.3 Å². The van der Waals surface area contributed by atoms with Crippen LogP contribution in [-0.2, 0) is 0 Å². The summed E-state index contributed by atoms with van der Waals surface area (Å²) in [5, 5.41) is 3.27. The molecule has 1 saturated carbocycles. The monoisotopic (exact) mass is 400 g/mol. The van der Waals surface area contributed by atoms with Crippen molar-refractivity contribution < 1.29 is 8.78 Å². The molecule has 0 bridgehead atoms. The van der Waals surface area contributed by atoms with E-state index in [-0.39, 0.29) is 29.3 Å². The topological polar surface area (TPSA) is 81.7 Å². The van der Waals surface area contributed by atoms with E-state index in [0.29, 0.717) is 22.9 Å². The van der Waals surface area contributed by atoms with Gasteiger partial charge in [0, 0.05) is 23.7 Å². The van der Waals surface area contributed by atoms with Crippen LogP contribution in [0, 0.1) is 18.6 Å². The number of nitrogens with two attached hydrogens (primary N) is 1. The van der Waals surface area contributed by atoms with Crippen LogP contribution in [0.4, 0.5) is 14.7 Å². The fraction of sp³-hybridized carbons (Fsp3) is 0.476. The van der Waals surface area contributed by atoms with E-state index in [1.165, 1.54) is 6.07 Å². The van der Waals surface area contributed by atoms with Crippen LogP contribution in [0.1, 0.15) is 51.4 Å². The molecule has 0 unspecified atom stereocenters. The number of fused-ring (bicyclic) bond motifs is 1. The van der Waals surface area contributed by atoms with Gasteiger partial charge in [0.2, 0.25) is 5.95 Å². The summed E-state index contributed by atoms with van der Waals surface area (Å²) in [6.07, 6.45) is 4.85. The maximum atomic E-state index is 14.8. The van der Waals surface area contributed by atoms with Crippen LogP contribution >= 0.6 is 0 Å². The standard InChI is InChI=1S/C21H26F2N6/c1-11(2)29-12(3)26-20-16(22)8-13(9-18(20)29)19-17(23)10-25-21(28-19)27-15-6-4-14(24)5-7-15/h8-11,14-15H,4-7,24H2,1-3H3,(H,25,27,28). The Kier molecular flexibility index (Phi) is 5.21. The first kappa shape index (κ1) is 19.7. The van der Waals surface area contributed by atoms with Crippen LogP contribution in [0.15, 0.2) is 18.3 Å². The molecule has 0 spiro atoms. The molecule has 3 aromatic rings. The van der Waals surface area contributed by atoms with Crippen LogP contribution in [0.5, 0.6) is 0 Å². The zero-order chi connectivity index (χ0) is 20.7. The van der Waals surface area contributed by atoms with Gasteiger partial charge in [0.25, 0.3) is 0 Å². The lowest BCUT2D eigenvalue weighted by Gasteiger charge is -2.26. The van der Waals surface area contributed by atoms with Gasteiger partial charge in [-0.3, -0.25) is 0 Å². The summed E-state index contributed by atoms with van der Waals surface area (Å²) >= 11 is 0. The van der Waals surface area contributed by atoms with Gasteiger partial charge in [-0.2, -0.15) is 0 Å². The summed E-state index contributed by atoms with van der Waals surface area (Å²) in [5.74, 6) is -0.0240. The normalized spacial score (nSPS) is 19.8. The van der Waals surface area contributed by atoms with Crippen molar-refractivity contribution in [2.75, 3.05) is 5.32 Å². The zero-order valence-corrected chi connectivity index (χ0v) is 16.9. The molecule has 0 radical (unpaired) electrons. The Labute approximate surface area is 168 Å². The number of rotatable bonds is 4. The van der Waals surface area contributed by atoms with Crippen molar-refractivity contribution in [1.82, 2.24) is 19.5 Å². The lowest BCUT2D eigenvalue weighted by atomic mass is 9.92. The molecule has 1 aromatic carbocycles. The third kappa shape index (κ3) is 3.81. The second-order valence-corrected chi connectivity index (χ2v) is 8.09. The Morgan fingerprint density at radius 3 is 2.52 bits per heavy atom. The van der Waals surface area contributed by atoms with Crippen LogP contribution in [-0.4, -0.2) is 31.6 Å². The fourth-order valence-corrected chi connectivity index (χ4v) is 4.14. The molecular weight excluding hydrogens is 374 g/mol. The van der Waals surface area contributed by atoms with Crippen molar-refractivity contribution in [3.05, 3.63) is 35.8 Å². The Morgan fingerprint density at radius 2 is 1.83 bits per heavy atom. The molecule has 154 valence electrons. The van der Waals surface area contributed by atoms with Gasteiger partial charge in [-0.05, 0) is 58.6 Å². The second-order valence-electron chi connectivity index (χ2n) is 8.09. The number of aromatic nitrogens is 4. The number of halogens is 2. The molecule has 3 N–H and O–H groups in total. The van der Waals surface area contributed by atoms with Crippen molar-refractivity contribution in [2.24, 2.45) is 5.73 Å². The average Bonchev–Trinajstić information content (AvgIpc) is 3.02. The fourth-order valence-electron chi connectivity index (χ4n) is 4.14. The first-order valence-electron chi connectivity index (χ1n) is 10.1. The molecule has 6 nitrogen and oxygen atoms in total. The second kappa shape index (κ2) is 7.67. The number of hydrogen-bond acceptors (Lipinski definition) is 5. The lowest BCUT2D eigenvalue weighted by molar-refractivity contribution is 0.409. The van der Waals surface area contributed by atoms with Gasteiger partial charge in [0.1, 0.15) is 17.0 Å². The largest absolute Gasteiger partial charge is 0.351 e. The summed E-state index contributed by atoms with van der Waals surface area (Å²) in [5.41, 5.74) is 7.30. The van der Waals surface area contributed by atoms with Crippen LogP contribution in [0.2, 0.25) is 0 Å². The molecule has 1 fully saturated rings. The van der Waals surface area contributed by atoms with E-state index in [4.69, 9.17) is 5.73 Å². The molecule has 4 rings (SSSR count). The molecule has 8 heteroatoms. The summed E-state index contributed by atoms with van der Waals surface area (Å²) in [4.78, 5) is 12.8. The van der Waals surface area contributed by atoms with Crippen molar-refractivity contribution in [1.29, 1.82) is 0 Å². The first-order chi connectivity index (χ1) is 13.8. The molecule has 1 aliphatic carbocycles. The third-order valence-corrected chi connectivity index (χ3v) is 5.56. The van der Waals surface area contributed by atoms with E-state index >= 15 is 0 Å². The van der Waals surface area contributed by atoms with E-state index in [9.17, 15) is 8.78 Å². The maximum Gasteiger partial charge on any atom is 0.223 e. The van der Waals surface area contributed by atoms with Crippen molar-refractivity contribution in [3.63, 3.8) is 0 Å². The van der Waals surface area contributed by atoms with Crippen LogP contribution in [0.25, 0.3) is 22.3 Å². The van der Waals surface area contributed by atoms with Gasteiger partial charge < -0.3 is 15.6 Å². The zero-order valence-electron chi connectivity index (χ0n) is 16.9. The smallest absolute Gasteiger partial charge is 0.223 e. The summed E-state index contributed by atoms with van der Waals surface area (Å²) in [6.45, 7) is 5.84. The van der Waals surface area contributed by atoms with Crippen molar-refractivity contribution in [3.8, 4) is 11.3 Å². The van der Waals surface area contributed by atoms with Gasteiger partial charge in [0.05, 0.1) is 11.7 Å². The number of hydrogen-bond donors (Lipinski definition) is 2. The molecule has 0 atom stereocenters. The maximum absolute atomic E-state index is 14.8. The van der Waals surface area contributed by atoms with Crippen molar-refractivity contribution in [2.45, 2.75) is 64.6 Å². The minimum Gasteiger partial charge on any atom is -0.351 e. The number of nitrogens with zero attached hydrogens (tertiary/aromatic N) is 4. The van der Waals surface area contributed by atoms with Gasteiger partial charge in [-0.25, -0.2) is 23.7 Å². The number of benzene rings is 1. The highest BCUT2D eigenvalue weighted by Crippen LogP contribution is 2.30. The quantitative estimate of drug-likeness (QED) is 0.681. The van der Waals surface area contributed by atoms with Gasteiger partial charge >= 0.3 is 0 Å². The predicted octanol–water partition coefficient (Wildman–Crippen LogP) is 4.34. The van der Waals surface area contributed by atoms with E-state index in [2.05, 4.69) is 20.3 Å². The van der Waals surface area contributed by atoms with E-state index in [1.54, 1.807) is 6.07 Å². The first-order valence-corrected chi connectivity index (χ1v) is 10.1. The third-order valence-electron chi connectivity index (χ3n) is 5.56. The predicted molar refractivity (Wildman–Crippen MR) is 110 cm³/mol. The van der Waals surface area contributed by atoms with Gasteiger partial charge in [0.15, 0.2) is 11.6 Å². The Bertz CT molecular complexity index is 1040. The summed E-state index contributed by atoms with van der Waals surface area (Å²) in [6, 6.07) is 3.57. The van der Waals surface area contributed by atoms with Crippen LogP contribution in [0.3, 0.4) is 0 Å². The molecule has 2 aromatic heterocycles. The SMILES string of the molecule is Cc1nc2c(F)cc(-c3nc(NC4CCC(N)CC4)ncc3F)cc2n1C(C)C. The highest BCUT2D eigenvalue weighted by atomic mass is 19.1. The highest BCUT2D eigenvalue weighted by Gasteiger charge is 2.21. The highest BCUT2D eigenvalue weighted by molar-refractivity contribution is 5.83. The Balaban J connectivity index is 1.72. The molecule has 1 aliphatic rings. The summed E-state index contributed by atoms with van der Waals surface area (Å²) < 4.78 is 31.3. The lowest BCUT2D eigenvalue weighted by Crippen LogP contribution is -2.33. The number of nitrogens with one attached hydrogen (secondary N) is 1. The van der Waals surface area contributed by atoms with Gasteiger partial charge in [-0.15, -0.1) is 0 Å². The van der Waals surface area contributed by atoms with Crippen LogP contribution < -0.4 is 11.1 Å². The van der Waals surface area contributed by atoms with Gasteiger partial charge in [-0.1, -0.05) is 0 Å². The molecule has 0 saturated heterocycles. The van der Waals surface area contributed by atoms with Crippen molar-refractivity contribution >= 4 is 17.0 Å². The number of imidazole rings is 1. The molecule has 0 aliphatic heterocycles. The average molecular weight is 400 g/mol. The number of anilines is 1. The molecule has 29 heavy (non-hydrogen) atoms.